The summed E-state index contributed by atoms with van der Waals surface area (Å²) in [4.78, 5) is -0.100. The minimum absolute atomic E-state index is 0.0678. The summed E-state index contributed by atoms with van der Waals surface area (Å²) in [6, 6.07) is 2.27. The molecule has 112 valence electrons. The fourth-order valence-electron chi connectivity index (χ4n) is 2.49. The number of rotatable bonds is 3. The summed E-state index contributed by atoms with van der Waals surface area (Å²) in [6.07, 6.45) is 3.67. The summed E-state index contributed by atoms with van der Waals surface area (Å²) in [7, 11) is -3.71. The van der Waals surface area contributed by atoms with Crippen LogP contribution >= 0.6 is 0 Å². The highest BCUT2D eigenvalue weighted by Gasteiger charge is 2.25. The number of nitrogens with two attached hydrogens (primary N) is 1. The molecule has 1 aliphatic rings. The maximum atomic E-state index is 13.6. The molecule has 3 N–H and O–H groups in total. The highest BCUT2D eigenvalue weighted by atomic mass is 32.2. The lowest BCUT2D eigenvalue weighted by Gasteiger charge is -2.26. The van der Waals surface area contributed by atoms with Crippen molar-refractivity contribution in [2.45, 2.75) is 50.5 Å². The molecule has 0 amide bonds. The molecular formula is C14H21FN2O2S. The van der Waals surface area contributed by atoms with E-state index in [4.69, 9.17) is 5.73 Å². The van der Waals surface area contributed by atoms with E-state index in [1.165, 1.54) is 13.0 Å². The van der Waals surface area contributed by atoms with Crippen LogP contribution < -0.4 is 10.5 Å². The SMILES string of the molecule is Cc1c(N)cc(S(=O)(=O)NC2CCC(C)CC2)cc1F. The first-order valence-electron chi connectivity index (χ1n) is 6.87. The summed E-state index contributed by atoms with van der Waals surface area (Å²) in [5.41, 5.74) is 6.07. The van der Waals surface area contributed by atoms with Crippen LogP contribution in [0.3, 0.4) is 0 Å². The molecule has 0 saturated heterocycles. The molecule has 4 nitrogen and oxygen atoms in total. The molecule has 1 aliphatic carbocycles. The topological polar surface area (TPSA) is 72.2 Å². The normalized spacial score (nSPS) is 23.8. The van der Waals surface area contributed by atoms with Crippen molar-refractivity contribution in [2.24, 2.45) is 5.92 Å². The molecule has 0 aliphatic heterocycles. The predicted octanol–water partition coefficient (Wildman–Crippen LogP) is 2.57. The summed E-state index contributed by atoms with van der Waals surface area (Å²) in [5.74, 6) is 0.0471. The van der Waals surface area contributed by atoms with Gasteiger partial charge in [-0.25, -0.2) is 17.5 Å². The molecule has 0 bridgehead atoms. The van der Waals surface area contributed by atoms with Gasteiger partial charge in [0, 0.05) is 17.3 Å². The van der Waals surface area contributed by atoms with Crippen molar-refractivity contribution in [2.75, 3.05) is 5.73 Å². The van der Waals surface area contributed by atoms with E-state index in [0.29, 0.717) is 5.92 Å². The summed E-state index contributed by atoms with van der Waals surface area (Å²) in [5, 5.41) is 0. The van der Waals surface area contributed by atoms with Crippen LogP contribution in [-0.2, 0) is 10.0 Å². The van der Waals surface area contributed by atoms with Gasteiger partial charge in [-0.05, 0) is 50.7 Å². The van der Waals surface area contributed by atoms with Gasteiger partial charge in [-0.3, -0.25) is 0 Å². The molecule has 0 spiro atoms. The molecule has 0 atom stereocenters. The number of halogens is 1. The van der Waals surface area contributed by atoms with E-state index >= 15 is 0 Å². The lowest BCUT2D eigenvalue weighted by molar-refractivity contribution is 0.332. The van der Waals surface area contributed by atoms with E-state index < -0.39 is 15.8 Å². The molecule has 20 heavy (non-hydrogen) atoms. The van der Waals surface area contributed by atoms with Crippen molar-refractivity contribution in [3.8, 4) is 0 Å². The molecule has 0 aromatic heterocycles. The number of hydrogen-bond donors (Lipinski definition) is 2. The van der Waals surface area contributed by atoms with Gasteiger partial charge in [0.05, 0.1) is 4.90 Å². The van der Waals surface area contributed by atoms with Gasteiger partial charge in [-0.15, -0.1) is 0 Å². The summed E-state index contributed by atoms with van der Waals surface area (Å²) >= 11 is 0. The van der Waals surface area contributed by atoms with Gasteiger partial charge < -0.3 is 5.73 Å². The standard InChI is InChI=1S/C14H21FN2O2S/c1-9-3-5-11(6-4-9)17-20(18,19)12-7-13(15)10(2)14(16)8-12/h7-9,11,17H,3-6,16H2,1-2H3. The zero-order chi connectivity index (χ0) is 14.9. The fourth-order valence-corrected chi connectivity index (χ4v) is 3.85. The Labute approximate surface area is 119 Å². The zero-order valence-electron chi connectivity index (χ0n) is 11.8. The van der Waals surface area contributed by atoms with Gasteiger partial charge in [-0.2, -0.15) is 0 Å². The van der Waals surface area contributed by atoms with Crippen LogP contribution in [-0.4, -0.2) is 14.5 Å². The maximum absolute atomic E-state index is 13.6. The second kappa shape index (κ2) is 5.69. The van der Waals surface area contributed by atoms with Crippen LogP contribution in [0.2, 0.25) is 0 Å². The largest absolute Gasteiger partial charge is 0.398 e. The molecule has 1 aromatic carbocycles. The second-order valence-corrected chi connectivity index (χ2v) is 7.41. The van der Waals surface area contributed by atoms with Crippen molar-refractivity contribution in [3.05, 3.63) is 23.5 Å². The van der Waals surface area contributed by atoms with Crippen LogP contribution in [0, 0.1) is 18.7 Å². The van der Waals surface area contributed by atoms with E-state index in [9.17, 15) is 12.8 Å². The van der Waals surface area contributed by atoms with Gasteiger partial charge >= 0.3 is 0 Å². The third-order valence-corrected chi connectivity index (χ3v) is 5.51. The lowest BCUT2D eigenvalue weighted by atomic mass is 9.88. The molecule has 0 radical (unpaired) electrons. The Hall–Kier alpha value is -1.14. The first-order valence-corrected chi connectivity index (χ1v) is 8.36. The third kappa shape index (κ3) is 3.30. The first-order chi connectivity index (χ1) is 9.29. The van der Waals surface area contributed by atoms with Crippen molar-refractivity contribution in [1.82, 2.24) is 4.72 Å². The highest BCUT2D eigenvalue weighted by molar-refractivity contribution is 7.89. The van der Waals surface area contributed by atoms with Crippen LogP contribution in [0.25, 0.3) is 0 Å². The molecule has 1 fully saturated rings. The Morgan fingerprint density at radius 2 is 1.85 bits per heavy atom. The number of nitrogens with one attached hydrogen (secondary N) is 1. The Kier molecular flexibility index (Phi) is 4.34. The smallest absolute Gasteiger partial charge is 0.240 e. The average molecular weight is 300 g/mol. The monoisotopic (exact) mass is 300 g/mol. The quantitative estimate of drug-likeness (QED) is 0.843. The molecule has 0 heterocycles. The Bertz CT molecular complexity index is 570. The molecule has 2 rings (SSSR count). The van der Waals surface area contributed by atoms with Crippen LogP contribution in [0.15, 0.2) is 17.0 Å². The van der Waals surface area contributed by atoms with Gasteiger partial charge in [0.2, 0.25) is 10.0 Å². The van der Waals surface area contributed by atoms with E-state index in [2.05, 4.69) is 11.6 Å². The number of nitrogen functional groups attached to an aromatic ring is 1. The zero-order valence-corrected chi connectivity index (χ0v) is 12.6. The number of anilines is 1. The highest BCUT2D eigenvalue weighted by Crippen LogP contribution is 2.26. The number of benzene rings is 1. The van der Waals surface area contributed by atoms with Crippen LogP contribution in [0.4, 0.5) is 10.1 Å². The molecular weight excluding hydrogens is 279 g/mol. The molecule has 6 heteroatoms. The van der Waals surface area contributed by atoms with Crippen molar-refractivity contribution in [1.29, 1.82) is 0 Å². The van der Waals surface area contributed by atoms with Crippen LogP contribution in [0.1, 0.15) is 38.2 Å². The lowest BCUT2D eigenvalue weighted by Crippen LogP contribution is -2.37. The van der Waals surface area contributed by atoms with Gasteiger partial charge in [-0.1, -0.05) is 6.92 Å². The molecule has 0 unspecified atom stereocenters. The third-order valence-electron chi connectivity index (χ3n) is 4.01. The van der Waals surface area contributed by atoms with E-state index in [-0.39, 0.29) is 22.2 Å². The van der Waals surface area contributed by atoms with Crippen LogP contribution in [0.5, 0.6) is 0 Å². The van der Waals surface area contributed by atoms with E-state index in [1.807, 2.05) is 0 Å². The minimum atomic E-state index is -3.71. The molecule has 1 aromatic rings. The van der Waals surface area contributed by atoms with Crippen molar-refractivity contribution >= 4 is 15.7 Å². The average Bonchev–Trinajstić information content (AvgIpc) is 2.38. The predicted molar refractivity (Wildman–Crippen MR) is 77.3 cm³/mol. The van der Waals surface area contributed by atoms with Gasteiger partial charge in [0.1, 0.15) is 5.82 Å². The maximum Gasteiger partial charge on any atom is 0.240 e. The fraction of sp³-hybridized carbons (Fsp3) is 0.571. The van der Waals surface area contributed by atoms with Gasteiger partial charge in [0.15, 0.2) is 0 Å². The summed E-state index contributed by atoms with van der Waals surface area (Å²) in [6.45, 7) is 3.69. The Morgan fingerprint density at radius 3 is 2.40 bits per heavy atom. The Morgan fingerprint density at radius 1 is 1.25 bits per heavy atom. The number of hydrogen-bond acceptors (Lipinski definition) is 3. The molecule has 1 saturated carbocycles. The van der Waals surface area contributed by atoms with Gasteiger partial charge in [0.25, 0.3) is 0 Å². The first kappa shape index (κ1) is 15.3. The van der Waals surface area contributed by atoms with Crippen molar-refractivity contribution in [3.63, 3.8) is 0 Å². The second-order valence-electron chi connectivity index (χ2n) is 5.70. The van der Waals surface area contributed by atoms with E-state index in [1.54, 1.807) is 0 Å². The minimum Gasteiger partial charge on any atom is -0.398 e. The Balaban J connectivity index is 2.18. The van der Waals surface area contributed by atoms with E-state index in [0.717, 1.165) is 31.7 Å². The van der Waals surface area contributed by atoms with Crippen molar-refractivity contribution < 1.29 is 12.8 Å². The number of sulfonamides is 1. The summed E-state index contributed by atoms with van der Waals surface area (Å²) < 4.78 is 40.8.